The average molecular weight is 329 g/mol. The summed E-state index contributed by atoms with van der Waals surface area (Å²) in [7, 11) is 0. The molecule has 0 spiro atoms. The van der Waals surface area contributed by atoms with E-state index in [1.807, 2.05) is 17.5 Å². The lowest BCUT2D eigenvalue weighted by atomic mass is 10.3. The molecule has 4 nitrogen and oxygen atoms in total. The molecule has 1 aromatic heterocycles. The van der Waals surface area contributed by atoms with Crippen LogP contribution in [0.1, 0.15) is 4.88 Å². The minimum Gasteiger partial charge on any atom is -0.343 e. The molecular formula is C13H10Cl2N2O2S. The van der Waals surface area contributed by atoms with Crippen LogP contribution >= 0.6 is 34.5 Å². The Kier molecular flexibility index (Phi) is 5.00. The molecule has 20 heavy (non-hydrogen) atoms. The maximum absolute atomic E-state index is 11.7. The van der Waals surface area contributed by atoms with Crippen molar-refractivity contribution in [3.63, 3.8) is 0 Å². The average Bonchev–Trinajstić information content (AvgIpc) is 2.92. The first-order chi connectivity index (χ1) is 9.56. The molecule has 0 saturated heterocycles. The van der Waals surface area contributed by atoms with Gasteiger partial charge < -0.3 is 10.6 Å². The fourth-order valence-electron chi connectivity index (χ4n) is 1.43. The molecule has 1 heterocycles. The number of benzene rings is 1. The third kappa shape index (κ3) is 3.96. The van der Waals surface area contributed by atoms with E-state index in [9.17, 15) is 9.59 Å². The first-order valence-corrected chi connectivity index (χ1v) is 7.26. The van der Waals surface area contributed by atoms with Crippen LogP contribution in [-0.4, -0.2) is 11.8 Å². The zero-order valence-electron chi connectivity index (χ0n) is 10.2. The molecule has 2 amide bonds. The minimum absolute atomic E-state index is 0.275. The molecule has 0 bridgehead atoms. The monoisotopic (exact) mass is 328 g/mol. The first kappa shape index (κ1) is 14.8. The van der Waals surface area contributed by atoms with E-state index in [1.54, 1.807) is 6.07 Å². The van der Waals surface area contributed by atoms with Crippen LogP contribution in [0.15, 0.2) is 35.7 Å². The Morgan fingerprint density at radius 1 is 1.15 bits per heavy atom. The fourth-order valence-corrected chi connectivity index (χ4v) is 2.53. The van der Waals surface area contributed by atoms with Crippen LogP contribution in [0.2, 0.25) is 10.0 Å². The molecule has 7 heteroatoms. The molecular weight excluding hydrogens is 319 g/mol. The lowest BCUT2D eigenvalue weighted by molar-refractivity contribution is -0.136. The third-order valence-corrected chi connectivity index (χ3v) is 3.81. The van der Waals surface area contributed by atoms with Crippen molar-refractivity contribution in [3.8, 4) is 0 Å². The van der Waals surface area contributed by atoms with E-state index in [1.165, 1.54) is 23.5 Å². The Hall–Kier alpha value is -1.56. The number of amides is 2. The van der Waals surface area contributed by atoms with Crippen LogP contribution in [0.4, 0.5) is 5.69 Å². The van der Waals surface area contributed by atoms with Gasteiger partial charge in [-0.3, -0.25) is 9.59 Å². The fraction of sp³-hybridized carbons (Fsp3) is 0.0769. The number of rotatable bonds is 3. The SMILES string of the molecule is O=C(NCc1cccs1)C(=O)Nc1ccc(Cl)cc1Cl. The summed E-state index contributed by atoms with van der Waals surface area (Å²) in [6.07, 6.45) is 0. The smallest absolute Gasteiger partial charge is 0.313 e. The van der Waals surface area contributed by atoms with Gasteiger partial charge in [0.2, 0.25) is 0 Å². The molecule has 0 atom stereocenters. The van der Waals surface area contributed by atoms with E-state index in [2.05, 4.69) is 10.6 Å². The largest absolute Gasteiger partial charge is 0.343 e. The Labute approximate surface area is 129 Å². The molecule has 2 aromatic rings. The maximum Gasteiger partial charge on any atom is 0.313 e. The topological polar surface area (TPSA) is 58.2 Å². The molecule has 0 aliphatic carbocycles. The standard InChI is InChI=1S/C13H10Cl2N2O2S/c14-8-3-4-11(10(15)6-8)17-13(19)12(18)16-7-9-2-1-5-20-9/h1-6H,7H2,(H,16,18)(H,17,19). The molecule has 2 rings (SSSR count). The van der Waals surface area contributed by atoms with Gasteiger partial charge in [0, 0.05) is 9.90 Å². The summed E-state index contributed by atoms with van der Waals surface area (Å²) >= 11 is 13.2. The molecule has 2 N–H and O–H groups in total. The predicted octanol–water partition coefficient (Wildman–Crippen LogP) is 3.31. The molecule has 1 aromatic carbocycles. The molecule has 104 valence electrons. The number of thiophene rings is 1. The van der Waals surface area contributed by atoms with Gasteiger partial charge in [-0.05, 0) is 29.6 Å². The minimum atomic E-state index is -0.772. The molecule has 0 radical (unpaired) electrons. The van der Waals surface area contributed by atoms with Gasteiger partial charge in [-0.1, -0.05) is 29.3 Å². The van der Waals surface area contributed by atoms with Crippen molar-refractivity contribution in [2.24, 2.45) is 0 Å². The molecule has 0 aliphatic rings. The molecule has 0 saturated carbocycles. The van der Waals surface area contributed by atoms with Crippen LogP contribution in [0.5, 0.6) is 0 Å². The Bertz CT molecular complexity index is 629. The summed E-state index contributed by atoms with van der Waals surface area (Å²) in [5.74, 6) is -1.49. The Balaban J connectivity index is 1.92. The summed E-state index contributed by atoms with van der Waals surface area (Å²) in [6.45, 7) is 0.318. The highest BCUT2D eigenvalue weighted by Crippen LogP contribution is 2.25. The van der Waals surface area contributed by atoms with E-state index in [0.29, 0.717) is 17.3 Å². The van der Waals surface area contributed by atoms with Gasteiger partial charge in [-0.2, -0.15) is 0 Å². The normalized spacial score (nSPS) is 10.1. The van der Waals surface area contributed by atoms with E-state index >= 15 is 0 Å². The molecule has 0 fully saturated rings. The zero-order valence-corrected chi connectivity index (χ0v) is 12.5. The highest BCUT2D eigenvalue weighted by molar-refractivity contribution is 7.09. The number of carbonyl (C=O) groups excluding carboxylic acids is 2. The number of hydrogen-bond acceptors (Lipinski definition) is 3. The summed E-state index contributed by atoms with van der Waals surface area (Å²) in [6, 6.07) is 8.35. The van der Waals surface area contributed by atoms with Crippen molar-refractivity contribution in [2.45, 2.75) is 6.54 Å². The highest BCUT2D eigenvalue weighted by Gasteiger charge is 2.15. The third-order valence-electron chi connectivity index (χ3n) is 2.39. The van der Waals surface area contributed by atoms with Gasteiger partial charge in [-0.15, -0.1) is 11.3 Å². The number of halogens is 2. The zero-order chi connectivity index (χ0) is 14.5. The van der Waals surface area contributed by atoms with Crippen molar-refractivity contribution in [1.29, 1.82) is 0 Å². The number of carbonyl (C=O) groups is 2. The second kappa shape index (κ2) is 6.74. The Morgan fingerprint density at radius 3 is 2.60 bits per heavy atom. The second-order valence-corrected chi connectivity index (χ2v) is 5.72. The summed E-state index contributed by atoms with van der Waals surface area (Å²) < 4.78 is 0. The molecule has 0 unspecified atom stereocenters. The summed E-state index contributed by atoms with van der Waals surface area (Å²) in [5.41, 5.74) is 0.340. The van der Waals surface area contributed by atoms with Crippen LogP contribution in [-0.2, 0) is 16.1 Å². The van der Waals surface area contributed by atoms with Crippen molar-refractivity contribution >= 4 is 52.0 Å². The predicted molar refractivity (Wildman–Crippen MR) is 81.3 cm³/mol. The van der Waals surface area contributed by atoms with E-state index in [4.69, 9.17) is 23.2 Å². The lowest BCUT2D eigenvalue weighted by Crippen LogP contribution is -2.34. The van der Waals surface area contributed by atoms with Crippen LogP contribution in [0.3, 0.4) is 0 Å². The van der Waals surface area contributed by atoms with Crippen molar-refractivity contribution in [3.05, 3.63) is 50.6 Å². The first-order valence-electron chi connectivity index (χ1n) is 5.63. The van der Waals surface area contributed by atoms with Gasteiger partial charge in [0.25, 0.3) is 0 Å². The van der Waals surface area contributed by atoms with E-state index < -0.39 is 11.8 Å². The van der Waals surface area contributed by atoms with Gasteiger partial charge in [0.05, 0.1) is 17.3 Å². The van der Waals surface area contributed by atoms with Gasteiger partial charge in [0.15, 0.2) is 0 Å². The van der Waals surface area contributed by atoms with E-state index in [-0.39, 0.29) is 5.02 Å². The summed E-state index contributed by atoms with van der Waals surface area (Å²) in [4.78, 5) is 24.3. The quantitative estimate of drug-likeness (QED) is 0.849. The number of nitrogens with one attached hydrogen (secondary N) is 2. The highest BCUT2D eigenvalue weighted by atomic mass is 35.5. The van der Waals surface area contributed by atoms with Crippen molar-refractivity contribution in [1.82, 2.24) is 5.32 Å². The van der Waals surface area contributed by atoms with Gasteiger partial charge in [0.1, 0.15) is 0 Å². The van der Waals surface area contributed by atoms with Gasteiger partial charge >= 0.3 is 11.8 Å². The van der Waals surface area contributed by atoms with Crippen molar-refractivity contribution in [2.75, 3.05) is 5.32 Å². The van der Waals surface area contributed by atoms with Gasteiger partial charge in [-0.25, -0.2) is 0 Å². The van der Waals surface area contributed by atoms with Crippen molar-refractivity contribution < 1.29 is 9.59 Å². The van der Waals surface area contributed by atoms with Crippen LogP contribution < -0.4 is 10.6 Å². The van der Waals surface area contributed by atoms with Crippen LogP contribution in [0.25, 0.3) is 0 Å². The van der Waals surface area contributed by atoms with Crippen LogP contribution in [0, 0.1) is 0 Å². The second-order valence-electron chi connectivity index (χ2n) is 3.84. The lowest BCUT2D eigenvalue weighted by Gasteiger charge is -2.07. The number of hydrogen-bond donors (Lipinski definition) is 2. The Morgan fingerprint density at radius 2 is 1.95 bits per heavy atom. The number of anilines is 1. The summed E-state index contributed by atoms with van der Waals surface area (Å²) in [5, 5.41) is 7.58. The molecule has 0 aliphatic heterocycles. The maximum atomic E-state index is 11.7. The van der Waals surface area contributed by atoms with E-state index in [0.717, 1.165) is 4.88 Å².